The molecule has 1 saturated carbocycles. The third kappa shape index (κ3) is 7.00. The van der Waals surface area contributed by atoms with E-state index in [2.05, 4.69) is 64.2 Å². The van der Waals surface area contributed by atoms with Crippen molar-refractivity contribution >= 4 is 46.7 Å². The van der Waals surface area contributed by atoms with Crippen molar-refractivity contribution in [2.45, 2.75) is 52.0 Å². The molecule has 0 saturated heterocycles. The molecule has 0 atom stereocenters. The van der Waals surface area contributed by atoms with E-state index >= 15 is 0 Å². The van der Waals surface area contributed by atoms with Crippen LogP contribution >= 0.6 is 24.0 Å². The maximum Gasteiger partial charge on any atom is 0.220 e. The summed E-state index contributed by atoms with van der Waals surface area (Å²) >= 11 is 0. The highest BCUT2D eigenvalue weighted by atomic mass is 127. The van der Waals surface area contributed by atoms with Gasteiger partial charge in [0.15, 0.2) is 5.96 Å². The highest BCUT2D eigenvalue weighted by Gasteiger charge is 2.22. The maximum absolute atomic E-state index is 11.7. The molecule has 154 valence electrons. The maximum atomic E-state index is 11.7. The predicted octanol–water partition coefficient (Wildman–Crippen LogP) is 3.25. The number of H-pyrrole nitrogens is 1. The van der Waals surface area contributed by atoms with Crippen LogP contribution in [-0.2, 0) is 11.2 Å². The first-order valence-electron chi connectivity index (χ1n) is 10.0. The highest BCUT2D eigenvalue weighted by molar-refractivity contribution is 14.0. The van der Waals surface area contributed by atoms with Gasteiger partial charge in [0.2, 0.25) is 5.91 Å². The largest absolute Gasteiger partial charge is 0.361 e. The van der Waals surface area contributed by atoms with Gasteiger partial charge in [-0.25, -0.2) is 0 Å². The molecule has 1 aromatic heterocycles. The Labute approximate surface area is 184 Å². The van der Waals surface area contributed by atoms with Crippen molar-refractivity contribution in [3.63, 3.8) is 0 Å². The lowest BCUT2D eigenvalue weighted by Crippen LogP contribution is -2.38. The smallest absolute Gasteiger partial charge is 0.220 e. The van der Waals surface area contributed by atoms with Crippen molar-refractivity contribution in [3.05, 3.63) is 35.5 Å². The highest BCUT2D eigenvalue weighted by Crippen LogP contribution is 2.20. The van der Waals surface area contributed by atoms with Gasteiger partial charge in [0.1, 0.15) is 0 Å². The first-order chi connectivity index (χ1) is 13.2. The van der Waals surface area contributed by atoms with Gasteiger partial charge in [0.05, 0.1) is 0 Å². The fourth-order valence-electron chi connectivity index (χ4n) is 3.12. The van der Waals surface area contributed by atoms with Crippen LogP contribution in [-0.4, -0.2) is 42.5 Å². The number of aromatic nitrogens is 1. The Morgan fingerprint density at radius 2 is 2.11 bits per heavy atom. The van der Waals surface area contributed by atoms with Gasteiger partial charge in [0, 0.05) is 49.2 Å². The van der Waals surface area contributed by atoms with Crippen molar-refractivity contribution in [3.8, 4) is 0 Å². The van der Waals surface area contributed by atoms with E-state index < -0.39 is 0 Å². The molecule has 1 fully saturated rings. The van der Waals surface area contributed by atoms with Crippen molar-refractivity contribution in [1.29, 1.82) is 0 Å². The lowest BCUT2D eigenvalue weighted by atomic mass is 10.1. The van der Waals surface area contributed by atoms with Crippen LogP contribution in [0.25, 0.3) is 10.9 Å². The molecule has 0 radical (unpaired) electrons. The van der Waals surface area contributed by atoms with E-state index in [0.717, 1.165) is 44.7 Å². The van der Waals surface area contributed by atoms with Crippen LogP contribution in [0.1, 0.15) is 43.7 Å². The number of aliphatic imine (C=N–C) groups is 1. The number of aryl methyl sites for hydroxylation is 1. The third-order valence-electron chi connectivity index (χ3n) is 4.73. The number of benzene rings is 1. The average Bonchev–Trinajstić information content (AvgIpc) is 3.37. The van der Waals surface area contributed by atoms with Gasteiger partial charge in [-0.3, -0.25) is 9.79 Å². The summed E-state index contributed by atoms with van der Waals surface area (Å²) in [4.78, 5) is 19.6. The second-order valence-corrected chi connectivity index (χ2v) is 7.25. The first kappa shape index (κ1) is 22.5. The number of fused-ring (bicyclic) bond motifs is 1. The number of amides is 1. The van der Waals surface area contributed by atoms with Gasteiger partial charge in [0.25, 0.3) is 0 Å². The molecule has 0 spiro atoms. The molecule has 1 aromatic carbocycles. The number of guanidine groups is 1. The summed E-state index contributed by atoms with van der Waals surface area (Å²) in [5, 5.41) is 11.0. The Bertz CT molecular complexity index is 797. The van der Waals surface area contributed by atoms with Crippen molar-refractivity contribution in [1.82, 2.24) is 20.9 Å². The number of halogens is 1. The number of hydrogen-bond acceptors (Lipinski definition) is 2. The average molecular weight is 497 g/mol. The molecule has 0 aliphatic heterocycles. The van der Waals surface area contributed by atoms with Crippen LogP contribution in [0.3, 0.4) is 0 Å². The van der Waals surface area contributed by atoms with E-state index in [-0.39, 0.29) is 29.9 Å². The monoisotopic (exact) mass is 497 g/mol. The van der Waals surface area contributed by atoms with Gasteiger partial charge in [-0.05, 0) is 56.7 Å². The van der Waals surface area contributed by atoms with Gasteiger partial charge >= 0.3 is 0 Å². The van der Waals surface area contributed by atoms with Crippen molar-refractivity contribution in [2.24, 2.45) is 4.99 Å². The van der Waals surface area contributed by atoms with E-state index in [0.29, 0.717) is 19.0 Å². The zero-order valence-electron chi connectivity index (χ0n) is 16.8. The normalized spacial score (nSPS) is 13.9. The van der Waals surface area contributed by atoms with Crippen LogP contribution in [0.4, 0.5) is 0 Å². The Morgan fingerprint density at radius 1 is 1.29 bits per heavy atom. The van der Waals surface area contributed by atoms with E-state index in [4.69, 9.17) is 0 Å². The number of rotatable bonds is 9. The van der Waals surface area contributed by atoms with Gasteiger partial charge in [-0.2, -0.15) is 0 Å². The first-order valence-corrected chi connectivity index (χ1v) is 10.0. The number of nitrogens with zero attached hydrogens (tertiary/aromatic N) is 1. The summed E-state index contributed by atoms with van der Waals surface area (Å²) in [7, 11) is 0. The molecule has 0 unspecified atom stereocenters. The standard InChI is InChI=1S/C21H31N5O.HI/c1-3-22-21(23-11-4-5-20(27)26-17-7-8-17)24-12-10-16-14-25-19-13-15(2)6-9-18(16)19;/h6,9,13-14,17,25H,3-5,7-8,10-12H2,1-2H3,(H,26,27)(H2,22,23,24);1H. The Hall–Kier alpha value is -1.77. The molecule has 28 heavy (non-hydrogen) atoms. The van der Waals surface area contributed by atoms with Crippen LogP contribution in [0, 0.1) is 6.92 Å². The number of nitrogens with one attached hydrogen (secondary N) is 4. The van der Waals surface area contributed by atoms with E-state index in [9.17, 15) is 4.79 Å². The second kappa shape index (κ2) is 11.3. The summed E-state index contributed by atoms with van der Waals surface area (Å²) < 4.78 is 0. The minimum Gasteiger partial charge on any atom is -0.361 e. The SMILES string of the molecule is CCNC(=NCCCC(=O)NC1CC1)NCCc1c[nH]c2cc(C)ccc12.I. The third-order valence-corrected chi connectivity index (χ3v) is 4.73. The molecule has 7 heteroatoms. The molecule has 1 amide bonds. The fourth-order valence-corrected chi connectivity index (χ4v) is 3.12. The van der Waals surface area contributed by atoms with Crippen molar-refractivity contribution in [2.75, 3.05) is 19.6 Å². The summed E-state index contributed by atoms with van der Waals surface area (Å²) in [6.45, 7) is 6.45. The van der Waals surface area contributed by atoms with Crippen molar-refractivity contribution < 1.29 is 4.79 Å². The molecular formula is C21H32IN5O. The summed E-state index contributed by atoms with van der Waals surface area (Å²) in [5.41, 5.74) is 3.77. The summed E-state index contributed by atoms with van der Waals surface area (Å²) in [6.07, 6.45) is 6.61. The summed E-state index contributed by atoms with van der Waals surface area (Å²) in [5.74, 6) is 0.969. The van der Waals surface area contributed by atoms with Crippen LogP contribution in [0.5, 0.6) is 0 Å². The quantitative estimate of drug-likeness (QED) is 0.186. The summed E-state index contributed by atoms with van der Waals surface area (Å²) in [6, 6.07) is 6.95. The fraction of sp³-hybridized carbons (Fsp3) is 0.524. The van der Waals surface area contributed by atoms with Crippen LogP contribution < -0.4 is 16.0 Å². The predicted molar refractivity (Wildman–Crippen MR) is 127 cm³/mol. The van der Waals surface area contributed by atoms with Crippen LogP contribution in [0.2, 0.25) is 0 Å². The van der Waals surface area contributed by atoms with Gasteiger partial charge in [-0.1, -0.05) is 12.1 Å². The minimum absolute atomic E-state index is 0. The number of hydrogen-bond donors (Lipinski definition) is 4. The number of aromatic amines is 1. The van der Waals surface area contributed by atoms with Gasteiger partial charge < -0.3 is 20.9 Å². The van der Waals surface area contributed by atoms with Gasteiger partial charge in [-0.15, -0.1) is 24.0 Å². The van der Waals surface area contributed by atoms with E-state index in [1.165, 1.54) is 22.0 Å². The number of carbonyl (C=O) groups is 1. The molecular weight excluding hydrogens is 465 g/mol. The Kier molecular flexibility index (Phi) is 9.08. The Balaban J connectivity index is 0.00000280. The zero-order chi connectivity index (χ0) is 19.1. The van der Waals surface area contributed by atoms with E-state index in [1.54, 1.807) is 0 Å². The minimum atomic E-state index is 0. The Morgan fingerprint density at radius 3 is 2.86 bits per heavy atom. The molecule has 1 aliphatic carbocycles. The molecule has 4 N–H and O–H groups in total. The molecule has 1 aliphatic rings. The second-order valence-electron chi connectivity index (χ2n) is 7.25. The molecule has 3 rings (SSSR count). The lowest BCUT2D eigenvalue weighted by molar-refractivity contribution is -0.121. The molecule has 0 bridgehead atoms. The van der Waals surface area contributed by atoms with E-state index in [1.807, 2.05) is 0 Å². The molecule has 2 aromatic rings. The number of carbonyl (C=O) groups excluding carboxylic acids is 1. The van der Waals surface area contributed by atoms with Crippen LogP contribution in [0.15, 0.2) is 29.4 Å². The lowest BCUT2D eigenvalue weighted by Gasteiger charge is -2.11. The topological polar surface area (TPSA) is 81.3 Å². The molecule has 6 nitrogen and oxygen atoms in total. The molecule has 1 heterocycles. The zero-order valence-corrected chi connectivity index (χ0v) is 19.1.